The first kappa shape index (κ1) is 16.8. The summed E-state index contributed by atoms with van der Waals surface area (Å²) in [7, 11) is 0. The summed E-state index contributed by atoms with van der Waals surface area (Å²) in [6.45, 7) is 0.835. The van der Waals surface area contributed by atoms with Crippen molar-refractivity contribution in [2.24, 2.45) is 0 Å². The molecule has 2 fully saturated rings. The van der Waals surface area contributed by atoms with Crippen LogP contribution in [0.4, 0.5) is 0 Å². The summed E-state index contributed by atoms with van der Waals surface area (Å²) in [5.41, 5.74) is 1.04. The van der Waals surface area contributed by atoms with Crippen LogP contribution in [0.2, 0.25) is 5.15 Å². The molecule has 2 aromatic rings. The van der Waals surface area contributed by atoms with E-state index in [-0.39, 0.29) is 6.29 Å². The van der Waals surface area contributed by atoms with Gasteiger partial charge in [0.1, 0.15) is 9.76 Å². The average molecular weight is 415 g/mol. The van der Waals surface area contributed by atoms with Gasteiger partial charge < -0.3 is 9.47 Å². The number of hydrogen-bond donors (Lipinski definition) is 0. The van der Waals surface area contributed by atoms with Gasteiger partial charge in [0.2, 0.25) is 0 Å². The molecule has 2 aromatic heterocycles. The topological polar surface area (TPSA) is 49.2 Å². The van der Waals surface area contributed by atoms with Crippen molar-refractivity contribution in [2.75, 3.05) is 6.61 Å². The molecule has 1 atom stereocenters. The van der Waals surface area contributed by atoms with E-state index in [2.05, 4.69) is 30.7 Å². The largest absolute Gasteiger partial charge is 0.353 e. The monoisotopic (exact) mass is 413 g/mol. The van der Waals surface area contributed by atoms with Crippen LogP contribution < -0.4 is 0 Å². The Labute approximate surface area is 154 Å². The zero-order valence-corrected chi connectivity index (χ0v) is 15.8. The molecule has 0 aromatic carbocycles. The Bertz CT molecular complexity index is 709. The van der Waals surface area contributed by atoms with Gasteiger partial charge in [0.15, 0.2) is 6.29 Å². The van der Waals surface area contributed by atoms with Crippen LogP contribution in [0, 0.1) is 0 Å². The highest BCUT2D eigenvalue weighted by atomic mass is 79.9. The van der Waals surface area contributed by atoms with E-state index in [1.807, 2.05) is 6.07 Å². The van der Waals surface area contributed by atoms with Gasteiger partial charge in [-0.05, 0) is 60.9 Å². The standard InChI is InChI=1S/C17H21BrClN3O2/c18-17-13-10-20-15(19)9-14(13)22(21-17)11-4-6-12(7-5-11)24-16-3-1-2-8-23-16/h9-12,16H,1-8H2/t11-,12-,16?. The number of nitrogens with zero attached hydrogens (tertiary/aromatic N) is 3. The molecule has 2 aliphatic rings. The van der Waals surface area contributed by atoms with Crippen molar-refractivity contribution in [2.45, 2.75) is 63.4 Å². The summed E-state index contributed by atoms with van der Waals surface area (Å²) in [5, 5.41) is 6.17. The summed E-state index contributed by atoms with van der Waals surface area (Å²) in [6, 6.07) is 2.28. The number of pyridine rings is 1. The molecule has 4 rings (SSSR count). The van der Waals surface area contributed by atoms with Crippen LogP contribution in [0.1, 0.15) is 51.0 Å². The molecule has 1 unspecified atom stereocenters. The zero-order valence-electron chi connectivity index (χ0n) is 13.5. The highest BCUT2D eigenvalue weighted by molar-refractivity contribution is 9.10. The first-order chi connectivity index (χ1) is 11.7. The molecule has 3 heterocycles. The summed E-state index contributed by atoms with van der Waals surface area (Å²) >= 11 is 9.60. The fourth-order valence-corrected chi connectivity index (χ4v) is 4.34. The molecular formula is C17H21BrClN3O2. The normalized spacial score (nSPS) is 28.3. The highest BCUT2D eigenvalue weighted by Gasteiger charge is 2.28. The van der Waals surface area contributed by atoms with E-state index in [1.165, 1.54) is 6.42 Å². The summed E-state index contributed by atoms with van der Waals surface area (Å²) in [6.07, 6.45) is 9.69. The predicted molar refractivity (Wildman–Crippen MR) is 96.2 cm³/mol. The van der Waals surface area contributed by atoms with E-state index >= 15 is 0 Å². The maximum Gasteiger partial charge on any atom is 0.157 e. The second kappa shape index (κ2) is 7.28. The molecule has 0 amide bonds. The number of hydrogen-bond acceptors (Lipinski definition) is 4. The number of ether oxygens (including phenoxy) is 2. The minimum absolute atomic E-state index is 0.00450. The van der Waals surface area contributed by atoms with Gasteiger partial charge in [-0.2, -0.15) is 5.10 Å². The van der Waals surface area contributed by atoms with Crippen LogP contribution >= 0.6 is 27.5 Å². The van der Waals surface area contributed by atoms with Crippen LogP contribution in [-0.4, -0.2) is 33.8 Å². The SMILES string of the molecule is Clc1cc2c(cn1)c(Br)nn2[C@H]1CC[C@H](OC2CCCCO2)CC1. The van der Waals surface area contributed by atoms with Crippen LogP contribution in [0.5, 0.6) is 0 Å². The third-order valence-corrected chi connectivity index (χ3v) is 5.78. The van der Waals surface area contributed by atoms with Crippen molar-refractivity contribution in [1.29, 1.82) is 0 Å². The van der Waals surface area contributed by atoms with Crippen molar-refractivity contribution in [3.8, 4) is 0 Å². The maximum atomic E-state index is 6.14. The molecule has 0 radical (unpaired) electrons. The molecule has 24 heavy (non-hydrogen) atoms. The third kappa shape index (κ3) is 3.47. The molecule has 1 aliphatic heterocycles. The van der Waals surface area contributed by atoms with E-state index in [1.54, 1.807) is 6.20 Å². The minimum atomic E-state index is 0.00450. The minimum Gasteiger partial charge on any atom is -0.353 e. The summed E-state index contributed by atoms with van der Waals surface area (Å²) < 4.78 is 14.8. The van der Waals surface area contributed by atoms with Gasteiger partial charge in [-0.15, -0.1) is 0 Å². The fourth-order valence-electron chi connectivity index (χ4n) is 3.71. The molecule has 1 saturated carbocycles. The lowest BCUT2D eigenvalue weighted by Gasteiger charge is -2.33. The van der Waals surface area contributed by atoms with Crippen LogP contribution in [0.25, 0.3) is 10.9 Å². The number of aromatic nitrogens is 3. The molecule has 7 heteroatoms. The smallest absolute Gasteiger partial charge is 0.157 e. The van der Waals surface area contributed by atoms with Gasteiger partial charge >= 0.3 is 0 Å². The molecule has 1 aliphatic carbocycles. The Kier molecular flexibility index (Phi) is 5.08. The van der Waals surface area contributed by atoms with Crippen molar-refractivity contribution < 1.29 is 9.47 Å². The van der Waals surface area contributed by atoms with Crippen molar-refractivity contribution in [3.63, 3.8) is 0 Å². The van der Waals surface area contributed by atoms with Gasteiger partial charge in [-0.1, -0.05) is 11.6 Å². The second-order valence-electron chi connectivity index (χ2n) is 6.62. The quantitative estimate of drug-likeness (QED) is 0.672. The Balaban J connectivity index is 1.43. The van der Waals surface area contributed by atoms with Gasteiger partial charge in [0.05, 0.1) is 23.0 Å². The highest BCUT2D eigenvalue weighted by Crippen LogP contribution is 2.35. The van der Waals surface area contributed by atoms with E-state index in [9.17, 15) is 0 Å². The third-order valence-electron chi connectivity index (χ3n) is 4.99. The molecule has 130 valence electrons. The van der Waals surface area contributed by atoms with E-state index in [0.29, 0.717) is 17.3 Å². The predicted octanol–water partition coefficient (Wildman–Crippen LogP) is 4.87. The maximum absolute atomic E-state index is 6.14. The lowest BCUT2D eigenvalue weighted by Crippen LogP contribution is -2.31. The van der Waals surface area contributed by atoms with Crippen LogP contribution in [0.3, 0.4) is 0 Å². The first-order valence-corrected chi connectivity index (χ1v) is 9.84. The van der Waals surface area contributed by atoms with Gasteiger partial charge in [0.25, 0.3) is 0 Å². The Morgan fingerprint density at radius 2 is 2.04 bits per heavy atom. The van der Waals surface area contributed by atoms with Crippen molar-refractivity contribution in [1.82, 2.24) is 14.8 Å². The fraction of sp³-hybridized carbons (Fsp3) is 0.647. The van der Waals surface area contributed by atoms with Crippen molar-refractivity contribution >= 4 is 38.4 Å². The van der Waals surface area contributed by atoms with Crippen LogP contribution in [-0.2, 0) is 9.47 Å². The van der Waals surface area contributed by atoms with E-state index < -0.39 is 0 Å². The Hall–Kier alpha value is -0.690. The molecule has 5 nitrogen and oxygen atoms in total. The van der Waals surface area contributed by atoms with Gasteiger partial charge in [0, 0.05) is 18.9 Å². The lowest BCUT2D eigenvalue weighted by atomic mass is 9.93. The molecule has 0 spiro atoms. The van der Waals surface area contributed by atoms with E-state index in [4.69, 9.17) is 21.1 Å². The zero-order chi connectivity index (χ0) is 16.5. The summed E-state index contributed by atoms with van der Waals surface area (Å²) in [5.74, 6) is 0. The number of fused-ring (bicyclic) bond motifs is 1. The number of rotatable bonds is 3. The summed E-state index contributed by atoms with van der Waals surface area (Å²) in [4.78, 5) is 4.15. The van der Waals surface area contributed by atoms with Crippen molar-refractivity contribution in [3.05, 3.63) is 22.0 Å². The Morgan fingerprint density at radius 3 is 2.79 bits per heavy atom. The molecule has 1 saturated heterocycles. The molecule has 0 N–H and O–H groups in total. The first-order valence-electron chi connectivity index (χ1n) is 8.67. The van der Waals surface area contributed by atoms with E-state index in [0.717, 1.165) is 60.6 Å². The van der Waals surface area contributed by atoms with Crippen LogP contribution in [0.15, 0.2) is 16.9 Å². The lowest BCUT2D eigenvalue weighted by molar-refractivity contribution is -0.194. The molecular weight excluding hydrogens is 394 g/mol. The van der Waals surface area contributed by atoms with Gasteiger partial charge in [-0.3, -0.25) is 4.68 Å². The van der Waals surface area contributed by atoms with Gasteiger partial charge in [-0.25, -0.2) is 4.98 Å². The average Bonchev–Trinajstić information content (AvgIpc) is 2.93. The second-order valence-corrected chi connectivity index (χ2v) is 7.76. The number of halogens is 2. The Morgan fingerprint density at radius 1 is 1.21 bits per heavy atom. The molecule has 0 bridgehead atoms.